The Kier molecular flexibility index (Phi) is 4.88. The maximum absolute atomic E-state index is 13.7. The fourth-order valence-corrected chi connectivity index (χ4v) is 2.70. The first-order chi connectivity index (χ1) is 9.04. The predicted octanol–water partition coefficient (Wildman–Crippen LogP) is 2.64. The van der Waals surface area contributed by atoms with E-state index >= 15 is 0 Å². The van der Waals surface area contributed by atoms with E-state index in [9.17, 15) is 8.78 Å². The highest BCUT2D eigenvalue weighted by Crippen LogP contribution is 2.15. The van der Waals surface area contributed by atoms with Gasteiger partial charge in [-0.3, -0.25) is 4.90 Å². The molecular formula is C15H22F2N2. The molecule has 2 atom stereocenters. The number of hydrogen-bond acceptors (Lipinski definition) is 2. The van der Waals surface area contributed by atoms with Crippen LogP contribution in [0.4, 0.5) is 8.78 Å². The Hall–Kier alpha value is -1.00. The Bertz CT molecular complexity index is 411. The minimum atomic E-state index is -0.369. The molecule has 0 amide bonds. The second-order valence-corrected chi connectivity index (χ2v) is 5.80. The van der Waals surface area contributed by atoms with Crippen LogP contribution in [0, 0.1) is 23.5 Å². The molecule has 1 N–H and O–H groups in total. The molecular weight excluding hydrogens is 246 g/mol. The fourth-order valence-electron chi connectivity index (χ4n) is 2.70. The summed E-state index contributed by atoms with van der Waals surface area (Å²) in [5.41, 5.74) is 0.452. The van der Waals surface area contributed by atoms with Crippen LogP contribution in [0.1, 0.15) is 19.4 Å². The average molecular weight is 268 g/mol. The van der Waals surface area contributed by atoms with Gasteiger partial charge in [-0.05, 0) is 43.1 Å². The summed E-state index contributed by atoms with van der Waals surface area (Å²) in [6.07, 6.45) is 0. The quantitative estimate of drug-likeness (QED) is 0.887. The molecule has 19 heavy (non-hydrogen) atoms. The van der Waals surface area contributed by atoms with Crippen molar-refractivity contribution < 1.29 is 8.78 Å². The number of halogens is 2. The summed E-state index contributed by atoms with van der Waals surface area (Å²) < 4.78 is 26.9. The number of hydrogen-bond donors (Lipinski definition) is 1. The van der Waals surface area contributed by atoms with Crippen LogP contribution in [0.15, 0.2) is 18.2 Å². The normalized spacial score (nSPS) is 25.9. The summed E-state index contributed by atoms with van der Waals surface area (Å²) in [6.45, 7) is 8.62. The van der Waals surface area contributed by atoms with Crippen LogP contribution in [-0.4, -0.2) is 31.1 Å². The van der Waals surface area contributed by atoms with Crippen molar-refractivity contribution in [2.75, 3.05) is 26.2 Å². The third-order valence-corrected chi connectivity index (χ3v) is 3.53. The van der Waals surface area contributed by atoms with Gasteiger partial charge >= 0.3 is 0 Å². The van der Waals surface area contributed by atoms with Gasteiger partial charge in [0, 0.05) is 25.2 Å². The van der Waals surface area contributed by atoms with Crippen molar-refractivity contribution >= 4 is 0 Å². The number of nitrogens with one attached hydrogen (secondary N) is 1. The van der Waals surface area contributed by atoms with Crippen molar-refractivity contribution in [2.45, 2.75) is 20.4 Å². The Morgan fingerprint density at radius 2 is 1.79 bits per heavy atom. The van der Waals surface area contributed by atoms with Crippen molar-refractivity contribution in [3.8, 4) is 0 Å². The van der Waals surface area contributed by atoms with Crippen molar-refractivity contribution in [1.29, 1.82) is 0 Å². The summed E-state index contributed by atoms with van der Waals surface area (Å²) in [4.78, 5) is 2.23. The zero-order valence-corrected chi connectivity index (χ0v) is 11.6. The number of nitrogens with zero attached hydrogens (tertiary/aromatic N) is 1. The largest absolute Gasteiger partial charge is 0.316 e. The van der Waals surface area contributed by atoms with E-state index in [0.29, 0.717) is 23.9 Å². The Balaban J connectivity index is 2.08. The van der Waals surface area contributed by atoms with Crippen molar-refractivity contribution in [1.82, 2.24) is 10.2 Å². The topological polar surface area (TPSA) is 15.3 Å². The van der Waals surface area contributed by atoms with E-state index in [1.165, 1.54) is 18.2 Å². The lowest BCUT2D eigenvalue weighted by Crippen LogP contribution is -2.42. The molecule has 2 rings (SSSR count). The van der Waals surface area contributed by atoms with E-state index in [2.05, 4.69) is 24.1 Å². The van der Waals surface area contributed by atoms with Crippen LogP contribution in [-0.2, 0) is 6.54 Å². The summed E-state index contributed by atoms with van der Waals surface area (Å²) in [5.74, 6) is 0.348. The average Bonchev–Trinajstić information content (AvgIpc) is 2.31. The minimum Gasteiger partial charge on any atom is -0.316 e. The van der Waals surface area contributed by atoms with Crippen LogP contribution in [0.5, 0.6) is 0 Å². The molecule has 0 aliphatic carbocycles. The van der Waals surface area contributed by atoms with Crippen LogP contribution >= 0.6 is 0 Å². The maximum atomic E-state index is 13.7. The molecule has 2 nitrogen and oxygen atoms in total. The van der Waals surface area contributed by atoms with Gasteiger partial charge in [0.15, 0.2) is 0 Å². The summed E-state index contributed by atoms with van der Waals surface area (Å²) in [6, 6.07) is 3.69. The molecule has 1 fully saturated rings. The molecule has 106 valence electrons. The first-order valence-corrected chi connectivity index (χ1v) is 6.91. The van der Waals surface area contributed by atoms with Gasteiger partial charge in [0.05, 0.1) is 0 Å². The number of rotatable bonds is 2. The van der Waals surface area contributed by atoms with Crippen molar-refractivity contribution in [3.63, 3.8) is 0 Å². The SMILES string of the molecule is CC1CNCC(C)CN(Cc2cc(F)ccc2F)C1. The van der Waals surface area contributed by atoms with E-state index in [0.717, 1.165) is 26.2 Å². The van der Waals surface area contributed by atoms with Gasteiger partial charge in [-0.15, -0.1) is 0 Å². The van der Waals surface area contributed by atoms with Gasteiger partial charge in [0.1, 0.15) is 11.6 Å². The lowest BCUT2D eigenvalue weighted by molar-refractivity contribution is 0.176. The molecule has 4 heteroatoms. The molecule has 1 aliphatic heterocycles. The highest BCUT2D eigenvalue weighted by molar-refractivity contribution is 5.18. The molecule has 0 spiro atoms. The second kappa shape index (κ2) is 6.44. The smallest absolute Gasteiger partial charge is 0.127 e. The third-order valence-electron chi connectivity index (χ3n) is 3.53. The van der Waals surface area contributed by atoms with Crippen LogP contribution < -0.4 is 5.32 Å². The minimum absolute atomic E-state index is 0.318. The van der Waals surface area contributed by atoms with Gasteiger partial charge in [0.2, 0.25) is 0 Å². The van der Waals surface area contributed by atoms with E-state index < -0.39 is 0 Å². The van der Waals surface area contributed by atoms with Gasteiger partial charge in [-0.1, -0.05) is 13.8 Å². The lowest BCUT2D eigenvalue weighted by atomic mass is 10.0. The van der Waals surface area contributed by atoms with Gasteiger partial charge < -0.3 is 5.32 Å². The summed E-state index contributed by atoms with van der Waals surface area (Å²) in [5, 5.41) is 3.43. The molecule has 0 bridgehead atoms. The van der Waals surface area contributed by atoms with E-state index in [1.54, 1.807) is 0 Å². The molecule has 1 saturated heterocycles. The highest BCUT2D eigenvalue weighted by atomic mass is 19.1. The van der Waals surface area contributed by atoms with Crippen LogP contribution in [0.2, 0.25) is 0 Å². The van der Waals surface area contributed by atoms with Crippen LogP contribution in [0.25, 0.3) is 0 Å². The monoisotopic (exact) mass is 268 g/mol. The zero-order chi connectivity index (χ0) is 13.8. The highest BCUT2D eigenvalue weighted by Gasteiger charge is 2.18. The van der Waals surface area contributed by atoms with Crippen molar-refractivity contribution in [2.24, 2.45) is 11.8 Å². The molecule has 1 aromatic carbocycles. The second-order valence-electron chi connectivity index (χ2n) is 5.80. The van der Waals surface area contributed by atoms with Gasteiger partial charge in [-0.25, -0.2) is 8.78 Å². The predicted molar refractivity (Wildman–Crippen MR) is 72.8 cm³/mol. The molecule has 1 heterocycles. The molecule has 1 aliphatic rings. The fraction of sp³-hybridized carbons (Fsp3) is 0.600. The molecule has 0 saturated carbocycles. The molecule has 0 radical (unpaired) electrons. The van der Waals surface area contributed by atoms with Crippen molar-refractivity contribution in [3.05, 3.63) is 35.4 Å². The standard InChI is InChI=1S/C15H22F2N2/c1-11-6-18-7-12(2)9-19(8-11)10-13-5-14(16)3-4-15(13)17/h3-5,11-12,18H,6-10H2,1-2H3. The van der Waals surface area contributed by atoms with Gasteiger partial charge in [-0.2, -0.15) is 0 Å². The number of benzene rings is 1. The van der Waals surface area contributed by atoms with E-state index in [1.807, 2.05) is 0 Å². The zero-order valence-electron chi connectivity index (χ0n) is 11.6. The first kappa shape index (κ1) is 14.4. The van der Waals surface area contributed by atoms with E-state index in [4.69, 9.17) is 0 Å². The Labute approximate surface area is 113 Å². The maximum Gasteiger partial charge on any atom is 0.127 e. The summed E-state index contributed by atoms with van der Waals surface area (Å²) >= 11 is 0. The summed E-state index contributed by atoms with van der Waals surface area (Å²) in [7, 11) is 0. The first-order valence-electron chi connectivity index (χ1n) is 6.91. The van der Waals surface area contributed by atoms with Gasteiger partial charge in [0.25, 0.3) is 0 Å². The molecule has 2 unspecified atom stereocenters. The Morgan fingerprint density at radius 3 is 2.42 bits per heavy atom. The molecule has 1 aromatic rings. The van der Waals surface area contributed by atoms with Crippen LogP contribution in [0.3, 0.4) is 0 Å². The van der Waals surface area contributed by atoms with E-state index in [-0.39, 0.29) is 11.6 Å². The Morgan fingerprint density at radius 1 is 1.16 bits per heavy atom. The lowest BCUT2D eigenvalue weighted by Gasteiger charge is -2.31. The third kappa shape index (κ3) is 4.25. The molecule has 0 aromatic heterocycles.